The highest BCUT2D eigenvalue weighted by Gasteiger charge is 2.31. The van der Waals surface area contributed by atoms with E-state index in [4.69, 9.17) is 0 Å². The third kappa shape index (κ3) is 1.53. The fourth-order valence-electron chi connectivity index (χ4n) is 3.53. The highest BCUT2D eigenvalue weighted by molar-refractivity contribution is 5.61. The van der Waals surface area contributed by atoms with Crippen LogP contribution in [0.5, 0.6) is 0 Å². The fraction of sp³-hybridized carbons (Fsp3) is 0.600. The number of hydrogen-bond donors (Lipinski definition) is 1. The van der Waals surface area contributed by atoms with Crippen LogP contribution in [0.15, 0.2) is 18.2 Å². The summed E-state index contributed by atoms with van der Waals surface area (Å²) in [4.78, 5) is 0. The zero-order valence-corrected chi connectivity index (χ0v) is 10.1. The molecule has 1 heterocycles. The van der Waals surface area contributed by atoms with Crippen molar-refractivity contribution in [1.82, 2.24) is 0 Å². The van der Waals surface area contributed by atoms with Crippen molar-refractivity contribution in [2.24, 2.45) is 5.92 Å². The van der Waals surface area contributed by atoms with E-state index in [0.29, 0.717) is 0 Å². The third-order valence-electron chi connectivity index (χ3n) is 4.41. The van der Waals surface area contributed by atoms with E-state index in [1.54, 1.807) is 5.56 Å². The molecule has 86 valence electrons. The van der Waals surface area contributed by atoms with Crippen LogP contribution >= 0.6 is 0 Å². The molecule has 1 aliphatic heterocycles. The standard InChI is InChI=1S/C15H21N/c1-2-11-7-5-9-14-13-8-4-3-6-12(13)10-16-15(11)14/h5,7,9,12-13,16H,2-4,6,8,10H2,1H3. The zero-order valence-electron chi connectivity index (χ0n) is 10.1. The molecular formula is C15H21N. The average molecular weight is 215 g/mol. The van der Waals surface area contributed by atoms with Crippen LogP contribution in [0.3, 0.4) is 0 Å². The Morgan fingerprint density at radius 3 is 3.00 bits per heavy atom. The number of anilines is 1. The summed E-state index contributed by atoms with van der Waals surface area (Å²) in [5.41, 5.74) is 4.57. The van der Waals surface area contributed by atoms with Gasteiger partial charge in [0.25, 0.3) is 0 Å². The van der Waals surface area contributed by atoms with Gasteiger partial charge in [0.05, 0.1) is 0 Å². The maximum Gasteiger partial charge on any atom is 0.0408 e. The minimum atomic E-state index is 0.844. The summed E-state index contributed by atoms with van der Waals surface area (Å²) < 4.78 is 0. The molecule has 0 amide bonds. The molecule has 1 saturated carbocycles. The van der Waals surface area contributed by atoms with Gasteiger partial charge in [0, 0.05) is 12.2 Å². The van der Waals surface area contributed by atoms with Gasteiger partial charge in [0.1, 0.15) is 0 Å². The molecule has 1 fully saturated rings. The molecule has 0 aromatic heterocycles. The fourth-order valence-corrected chi connectivity index (χ4v) is 3.53. The van der Waals surface area contributed by atoms with Crippen LogP contribution in [0.1, 0.15) is 49.7 Å². The largest absolute Gasteiger partial charge is 0.384 e. The molecular weight excluding hydrogens is 194 g/mol. The first-order valence-electron chi connectivity index (χ1n) is 6.75. The van der Waals surface area contributed by atoms with Gasteiger partial charge in [-0.2, -0.15) is 0 Å². The molecule has 2 unspecified atom stereocenters. The summed E-state index contributed by atoms with van der Waals surface area (Å²) in [5, 5.41) is 3.68. The Balaban J connectivity index is 2.01. The summed E-state index contributed by atoms with van der Waals surface area (Å²) in [6, 6.07) is 6.87. The van der Waals surface area contributed by atoms with Crippen LogP contribution in [0.2, 0.25) is 0 Å². The van der Waals surface area contributed by atoms with E-state index in [1.165, 1.54) is 43.5 Å². The van der Waals surface area contributed by atoms with Gasteiger partial charge in [-0.05, 0) is 42.2 Å². The number of hydrogen-bond acceptors (Lipinski definition) is 1. The summed E-state index contributed by atoms with van der Waals surface area (Å²) in [5.74, 6) is 1.74. The Bertz CT molecular complexity index is 383. The van der Waals surface area contributed by atoms with Crippen LogP contribution in [0, 0.1) is 5.92 Å². The minimum Gasteiger partial charge on any atom is -0.384 e. The smallest absolute Gasteiger partial charge is 0.0408 e. The van der Waals surface area contributed by atoms with Crippen molar-refractivity contribution in [3.8, 4) is 0 Å². The Morgan fingerprint density at radius 1 is 1.25 bits per heavy atom. The molecule has 1 N–H and O–H groups in total. The van der Waals surface area contributed by atoms with E-state index in [-0.39, 0.29) is 0 Å². The first-order chi connectivity index (χ1) is 7.90. The van der Waals surface area contributed by atoms with Crippen LogP contribution in [-0.4, -0.2) is 6.54 Å². The Hall–Kier alpha value is -0.980. The minimum absolute atomic E-state index is 0.844. The Kier molecular flexibility index (Phi) is 2.62. The first-order valence-corrected chi connectivity index (χ1v) is 6.75. The normalized spacial score (nSPS) is 27.8. The van der Waals surface area contributed by atoms with E-state index in [1.807, 2.05) is 0 Å². The molecule has 0 spiro atoms. The Labute approximate surface area is 98.3 Å². The molecule has 2 aliphatic rings. The summed E-state index contributed by atoms with van der Waals surface area (Å²) in [6.07, 6.45) is 6.84. The molecule has 1 heteroatoms. The molecule has 2 atom stereocenters. The van der Waals surface area contributed by atoms with Crippen molar-refractivity contribution in [2.45, 2.75) is 44.9 Å². The molecule has 0 saturated heterocycles. The number of rotatable bonds is 1. The number of benzene rings is 1. The van der Waals surface area contributed by atoms with Gasteiger partial charge in [-0.15, -0.1) is 0 Å². The van der Waals surface area contributed by atoms with Gasteiger partial charge in [0.2, 0.25) is 0 Å². The van der Waals surface area contributed by atoms with Crippen molar-refractivity contribution in [3.63, 3.8) is 0 Å². The van der Waals surface area contributed by atoms with Crippen LogP contribution in [-0.2, 0) is 6.42 Å². The maximum atomic E-state index is 3.68. The number of para-hydroxylation sites is 1. The van der Waals surface area contributed by atoms with Gasteiger partial charge >= 0.3 is 0 Å². The quantitative estimate of drug-likeness (QED) is 0.748. The predicted molar refractivity (Wildman–Crippen MR) is 69.0 cm³/mol. The number of fused-ring (bicyclic) bond motifs is 3. The number of nitrogens with one attached hydrogen (secondary N) is 1. The predicted octanol–water partition coefficient (Wildman–Crippen LogP) is 3.95. The summed E-state index contributed by atoms with van der Waals surface area (Å²) in [7, 11) is 0. The second kappa shape index (κ2) is 4.12. The number of aryl methyl sites for hydroxylation is 1. The van der Waals surface area contributed by atoms with Crippen molar-refractivity contribution < 1.29 is 0 Å². The van der Waals surface area contributed by atoms with Gasteiger partial charge < -0.3 is 5.32 Å². The first kappa shape index (κ1) is 10.2. The van der Waals surface area contributed by atoms with E-state index < -0.39 is 0 Å². The molecule has 0 radical (unpaired) electrons. The maximum absolute atomic E-state index is 3.68. The topological polar surface area (TPSA) is 12.0 Å². The summed E-state index contributed by atoms with van der Waals surface area (Å²) >= 11 is 0. The van der Waals surface area contributed by atoms with Crippen LogP contribution < -0.4 is 5.32 Å². The lowest BCUT2D eigenvalue weighted by Crippen LogP contribution is -2.30. The van der Waals surface area contributed by atoms with Gasteiger partial charge in [0.15, 0.2) is 0 Å². The monoisotopic (exact) mass is 215 g/mol. The zero-order chi connectivity index (χ0) is 11.0. The lowest BCUT2D eigenvalue weighted by Gasteiger charge is -2.38. The van der Waals surface area contributed by atoms with Crippen molar-refractivity contribution in [3.05, 3.63) is 29.3 Å². The van der Waals surface area contributed by atoms with Crippen molar-refractivity contribution >= 4 is 5.69 Å². The molecule has 0 bridgehead atoms. The van der Waals surface area contributed by atoms with E-state index in [9.17, 15) is 0 Å². The second-order valence-electron chi connectivity index (χ2n) is 5.27. The molecule has 1 aromatic rings. The molecule has 3 rings (SSSR count). The lowest BCUT2D eigenvalue weighted by atomic mass is 9.72. The molecule has 1 aliphatic carbocycles. The van der Waals surface area contributed by atoms with Gasteiger partial charge in [-0.3, -0.25) is 0 Å². The molecule has 16 heavy (non-hydrogen) atoms. The third-order valence-corrected chi connectivity index (χ3v) is 4.41. The molecule has 1 nitrogen and oxygen atoms in total. The van der Waals surface area contributed by atoms with E-state index >= 15 is 0 Å². The van der Waals surface area contributed by atoms with Crippen molar-refractivity contribution in [1.29, 1.82) is 0 Å². The average Bonchev–Trinajstić information content (AvgIpc) is 2.37. The van der Waals surface area contributed by atoms with Crippen LogP contribution in [0.25, 0.3) is 0 Å². The highest BCUT2D eigenvalue weighted by atomic mass is 14.9. The summed E-state index contributed by atoms with van der Waals surface area (Å²) in [6.45, 7) is 3.46. The van der Waals surface area contributed by atoms with Gasteiger partial charge in [-0.25, -0.2) is 0 Å². The van der Waals surface area contributed by atoms with E-state index in [2.05, 4.69) is 30.4 Å². The molecule has 1 aromatic carbocycles. The van der Waals surface area contributed by atoms with E-state index in [0.717, 1.165) is 18.3 Å². The lowest BCUT2D eigenvalue weighted by molar-refractivity contribution is 0.313. The van der Waals surface area contributed by atoms with Crippen molar-refractivity contribution in [2.75, 3.05) is 11.9 Å². The van der Waals surface area contributed by atoms with Crippen LogP contribution in [0.4, 0.5) is 5.69 Å². The Morgan fingerprint density at radius 2 is 2.12 bits per heavy atom. The second-order valence-corrected chi connectivity index (χ2v) is 5.27. The van der Waals surface area contributed by atoms with Gasteiger partial charge in [-0.1, -0.05) is 38.0 Å². The SMILES string of the molecule is CCc1cccc2c1NCC1CCCCC21. The highest BCUT2D eigenvalue weighted by Crippen LogP contribution is 2.44.